The Kier molecular flexibility index (Phi) is 4.05. The molecule has 1 unspecified atom stereocenters. The minimum absolute atomic E-state index is 0.232. The van der Waals surface area contributed by atoms with Gasteiger partial charge >= 0.3 is 0 Å². The van der Waals surface area contributed by atoms with Crippen molar-refractivity contribution < 1.29 is 0 Å². The molecule has 0 amide bonds. The van der Waals surface area contributed by atoms with E-state index in [0.717, 1.165) is 17.1 Å². The third-order valence-corrected chi connectivity index (χ3v) is 5.03. The van der Waals surface area contributed by atoms with Gasteiger partial charge in [0, 0.05) is 16.5 Å². The topological polar surface area (TPSA) is 12.0 Å². The molecule has 0 aliphatic heterocycles. The summed E-state index contributed by atoms with van der Waals surface area (Å²) in [5.41, 5.74) is 4.11. The zero-order chi connectivity index (χ0) is 14.9. The molecule has 1 fully saturated rings. The Hall–Kier alpha value is -1.31. The van der Waals surface area contributed by atoms with E-state index in [1.165, 1.54) is 24.0 Å². The summed E-state index contributed by atoms with van der Waals surface area (Å²) >= 11 is 6.35. The van der Waals surface area contributed by atoms with Crippen LogP contribution in [0.3, 0.4) is 0 Å². The van der Waals surface area contributed by atoms with Gasteiger partial charge in [-0.1, -0.05) is 61.0 Å². The molecule has 0 saturated heterocycles. The molecule has 1 aliphatic rings. The van der Waals surface area contributed by atoms with E-state index >= 15 is 0 Å². The van der Waals surface area contributed by atoms with E-state index in [9.17, 15) is 0 Å². The number of likely N-dealkylation sites (N-methyl/N-ethyl adjacent to an activating group) is 1. The van der Waals surface area contributed by atoms with Crippen molar-refractivity contribution in [3.8, 4) is 0 Å². The minimum Gasteiger partial charge on any atom is -0.309 e. The third-order valence-electron chi connectivity index (χ3n) is 4.63. The van der Waals surface area contributed by atoms with Crippen molar-refractivity contribution in [2.75, 3.05) is 6.54 Å². The van der Waals surface area contributed by atoms with Crippen molar-refractivity contribution in [3.05, 3.63) is 70.2 Å². The lowest BCUT2D eigenvalue weighted by molar-refractivity contribution is 0.439. The van der Waals surface area contributed by atoms with Crippen LogP contribution in [0.5, 0.6) is 0 Å². The molecule has 21 heavy (non-hydrogen) atoms. The highest BCUT2D eigenvalue weighted by Crippen LogP contribution is 2.56. The highest BCUT2D eigenvalue weighted by Gasteiger charge is 2.50. The number of rotatable bonds is 5. The highest BCUT2D eigenvalue weighted by atomic mass is 35.5. The molecule has 0 radical (unpaired) electrons. The van der Waals surface area contributed by atoms with Crippen LogP contribution in [0.1, 0.15) is 42.5 Å². The van der Waals surface area contributed by atoms with Gasteiger partial charge in [0.15, 0.2) is 0 Å². The summed E-state index contributed by atoms with van der Waals surface area (Å²) in [6.45, 7) is 5.19. The first kappa shape index (κ1) is 14.6. The molecule has 1 aliphatic carbocycles. The number of halogens is 1. The van der Waals surface area contributed by atoms with Crippen molar-refractivity contribution >= 4 is 11.6 Å². The fourth-order valence-electron chi connectivity index (χ4n) is 3.27. The van der Waals surface area contributed by atoms with E-state index < -0.39 is 0 Å². The summed E-state index contributed by atoms with van der Waals surface area (Å²) in [6, 6.07) is 17.7. The predicted molar refractivity (Wildman–Crippen MR) is 90.0 cm³/mol. The molecular weight excluding hydrogens is 278 g/mol. The molecule has 0 aromatic heterocycles. The largest absolute Gasteiger partial charge is 0.309 e. The average Bonchev–Trinajstić information content (AvgIpc) is 3.30. The van der Waals surface area contributed by atoms with Crippen molar-refractivity contribution in [1.29, 1.82) is 0 Å². The monoisotopic (exact) mass is 299 g/mol. The van der Waals surface area contributed by atoms with Crippen LogP contribution in [0, 0.1) is 6.92 Å². The second-order valence-corrected chi connectivity index (χ2v) is 6.43. The van der Waals surface area contributed by atoms with E-state index in [-0.39, 0.29) is 5.41 Å². The van der Waals surface area contributed by atoms with Crippen LogP contribution in [0.15, 0.2) is 48.5 Å². The molecule has 110 valence electrons. The Labute approximate surface area is 132 Å². The number of aryl methyl sites for hydroxylation is 1. The fraction of sp³-hybridized carbons (Fsp3) is 0.368. The first-order chi connectivity index (χ1) is 10.2. The van der Waals surface area contributed by atoms with Crippen molar-refractivity contribution in [3.63, 3.8) is 0 Å². The Morgan fingerprint density at radius 1 is 1.14 bits per heavy atom. The molecule has 2 heteroatoms. The van der Waals surface area contributed by atoms with Crippen molar-refractivity contribution in [2.24, 2.45) is 0 Å². The van der Waals surface area contributed by atoms with Gasteiger partial charge in [0.05, 0.1) is 0 Å². The minimum atomic E-state index is 0.232. The number of hydrogen-bond acceptors (Lipinski definition) is 1. The summed E-state index contributed by atoms with van der Waals surface area (Å²) in [6.07, 6.45) is 2.47. The lowest BCUT2D eigenvalue weighted by Crippen LogP contribution is -2.32. The molecule has 1 N–H and O–H groups in total. The summed E-state index contributed by atoms with van der Waals surface area (Å²) in [5.74, 6) is 0. The normalized spacial score (nSPS) is 17.5. The van der Waals surface area contributed by atoms with Gasteiger partial charge in [-0.05, 0) is 49.1 Å². The van der Waals surface area contributed by atoms with Crippen molar-refractivity contribution in [1.82, 2.24) is 5.32 Å². The van der Waals surface area contributed by atoms with Crippen LogP contribution in [0.25, 0.3) is 0 Å². The summed E-state index contributed by atoms with van der Waals surface area (Å²) in [4.78, 5) is 0. The van der Waals surface area contributed by atoms with Crippen LogP contribution >= 0.6 is 11.6 Å². The number of nitrogens with one attached hydrogen (secondary N) is 1. The zero-order valence-electron chi connectivity index (χ0n) is 12.7. The Morgan fingerprint density at radius 2 is 1.86 bits per heavy atom. The quantitative estimate of drug-likeness (QED) is 0.816. The second-order valence-electron chi connectivity index (χ2n) is 6.02. The molecule has 3 rings (SSSR count). The Bertz CT molecular complexity index is 617. The zero-order valence-corrected chi connectivity index (χ0v) is 13.5. The predicted octanol–water partition coefficient (Wildman–Crippen LogP) is 5.03. The van der Waals surface area contributed by atoms with E-state index in [0.29, 0.717) is 6.04 Å². The van der Waals surface area contributed by atoms with Gasteiger partial charge in [0.25, 0.3) is 0 Å². The van der Waals surface area contributed by atoms with Crippen LogP contribution < -0.4 is 5.32 Å². The first-order valence-corrected chi connectivity index (χ1v) is 8.10. The lowest BCUT2D eigenvalue weighted by atomic mass is 9.83. The molecule has 1 saturated carbocycles. The summed E-state index contributed by atoms with van der Waals surface area (Å²) in [7, 11) is 0. The molecule has 0 heterocycles. The van der Waals surface area contributed by atoms with Crippen LogP contribution in [0.4, 0.5) is 0 Å². The lowest BCUT2D eigenvalue weighted by Gasteiger charge is -2.29. The molecule has 0 bridgehead atoms. The second kappa shape index (κ2) is 5.82. The average molecular weight is 300 g/mol. The summed E-state index contributed by atoms with van der Waals surface area (Å²) < 4.78 is 0. The van der Waals surface area contributed by atoms with Crippen LogP contribution in [-0.4, -0.2) is 6.54 Å². The van der Waals surface area contributed by atoms with Gasteiger partial charge in [-0.2, -0.15) is 0 Å². The van der Waals surface area contributed by atoms with Gasteiger partial charge in [0.1, 0.15) is 0 Å². The van der Waals surface area contributed by atoms with E-state index in [1.807, 2.05) is 0 Å². The fourth-order valence-corrected chi connectivity index (χ4v) is 3.46. The first-order valence-electron chi connectivity index (χ1n) is 7.72. The number of hydrogen-bond donors (Lipinski definition) is 1. The Balaban J connectivity index is 2.00. The highest BCUT2D eigenvalue weighted by molar-refractivity contribution is 6.31. The smallest absolute Gasteiger partial charge is 0.0438 e. The van der Waals surface area contributed by atoms with Gasteiger partial charge in [-0.25, -0.2) is 0 Å². The third kappa shape index (κ3) is 2.73. The van der Waals surface area contributed by atoms with Crippen molar-refractivity contribution in [2.45, 2.75) is 38.1 Å². The molecule has 1 atom stereocenters. The molecule has 1 nitrogen and oxygen atoms in total. The van der Waals surface area contributed by atoms with Gasteiger partial charge in [0.2, 0.25) is 0 Å². The molecule has 2 aromatic carbocycles. The van der Waals surface area contributed by atoms with E-state index in [2.05, 4.69) is 67.7 Å². The number of benzene rings is 2. The molecule has 0 spiro atoms. The van der Waals surface area contributed by atoms with E-state index in [4.69, 9.17) is 11.6 Å². The van der Waals surface area contributed by atoms with E-state index in [1.54, 1.807) is 0 Å². The SMILES string of the molecule is CCNC(c1ccc(C)c(Cl)c1)C1(c2ccccc2)CC1. The Morgan fingerprint density at radius 3 is 2.43 bits per heavy atom. The maximum absolute atomic E-state index is 6.35. The molecule has 2 aromatic rings. The van der Waals surface area contributed by atoms with Crippen LogP contribution in [0.2, 0.25) is 5.02 Å². The standard InChI is InChI=1S/C19H22ClN/c1-3-21-18(15-10-9-14(2)17(20)13-15)19(11-12-19)16-7-5-4-6-8-16/h4-10,13,18,21H,3,11-12H2,1-2H3. The maximum Gasteiger partial charge on any atom is 0.0438 e. The van der Waals surface area contributed by atoms with Gasteiger partial charge in [-0.15, -0.1) is 0 Å². The van der Waals surface area contributed by atoms with Gasteiger partial charge in [-0.3, -0.25) is 0 Å². The molecular formula is C19H22ClN. The summed E-state index contributed by atoms with van der Waals surface area (Å²) in [5, 5.41) is 4.55. The van der Waals surface area contributed by atoms with Crippen LogP contribution in [-0.2, 0) is 5.41 Å². The van der Waals surface area contributed by atoms with Gasteiger partial charge < -0.3 is 5.32 Å². The maximum atomic E-state index is 6.35.